The van der Waals surface area contributed by atoms with Crippen molar-refractivity contribution in [3.63, 3.8) is 0 Å². The second-order valence-corrected chi connectivity index (χ2v) is 6.13. The van der Waals surface area contributed by atoms with Gasteiger partial charge in [0.05, 0.1) is 0 Å². The lowest BCUT2D eigenvalue weighted by atomic mass is 9.82. The van der Waals surface area contributed by atoms with Crippen molar-refractivity contribution in [1.82, 2.24) is 15.1 Å². The van der Waals surface area contributed by atoms with Gasteiger partial charge in [-0.05, 0) is 19.3 Å². The number of carbonyl (C=O) groups excluding carboxylic acids is 3. The standard InChI is InChI=1S/C15H25N3O3/c1-3-4-10-17(2)12(19)11-18-13(20)15(16-14(18)21)8-6-5-7-9-15/h3-11H2,1-2H3,(H,16,21). The molecule has 1 aliphatic heterocycles. The van der Waals surface area contributed by atoms with E-state index in [9.17, 15) is 14.4 Å². The molecule has 6 heteroatoms. The molecule has 1 saturated heterocycles. The van der Waals surface area contributed by atoms with E-state index in [0.29, 0.717) is 19.4 Å². The van der Waals surface area contributed by atoms with E-state index in [4.69, 9.17) is 0 Å². The van der Waals surface area contributed by atoms with Gasteiger partial charge in [-0.2, -0.15) is 0 Å². The van der Waals surface area contributed by atoms with Gasteiger partial charge in [0, 0.05) is 13.6 Å². The number of imide groups is 1. The number of carbonyl (C=O) groups is 3. The molecule has 0 aromatic carbocycles. The van der Waals surface area contributed by atoms with Gasteiger partial charge in [-0.3, -0.25) is 14.5 Å². The molecule has 0 aromatic rings. The summed E-state index contributed by atoms with van der Waals surface area (Å²) in [7, 11) is 1.72. The van der Waals surface area contributed by atoms with Gasteiger partial charge in [-0.1, -0.05) is 32.6 Å². The van der Waals surface area contributed by atoms with Crippen LogP contribution in [0.2, 0.25) is 0 Å². The zero-order chi connectivity index (χ0) is 15.5. The van der Waals surface area contributed by atoms with Gasteiger partial charge in [0.2, 0.25) is 5.91 Å². The zero-order valence-corrected chi connectivity index (χ0v) is 13.0. The van der Waals surface area contributed by atoms with Gasteiger partial charge >= 0.3 is 6.03 Å². The average molecular weight is 295 g/mol. The number of likely N-dealkylation sites (N-methyl/N-ethyl adjacent to an activating group) is 1. The van der Waals surface area contributed by atoms with E-state index >= 15 is 0 Å². The lowest BCUT2D eigenvalue weighted by Crippen LogP contribution is -2.49. The summed E-state index contributed by atoms with van der Waals surface area (Å²) in [5, 5.41) is 2.82. The Kier molecular flexibility index (Phi) is 4.85. The third-order valence-electron chi connectivity index (χ3n) is 4.52. The first-order valence-corrected chi connectivity index (χ1v) is 7.88. The van der Waals surface area contributed by atoms with E-state index in [-0.39, 0.29) is 18.4 Å². The molecule has 21 heavy (non-hydrogen) atoms. The largest absolute Gasteiger partial charge is 0.344 e. The molecule has 2 rings (SSSR count). The minimum Gasteiger partial charge on any atom is -0.344 e. The monoisotopic (exact) mass is 295 g/mol. The van der Waals surface area contributed by atoms with Crippen LogP contribution in [0.15, 0.2) is 0 Å². The number of hydrogen-bond donors (Lipinski definition) is 1. The Morgan fingerprint density at radius 3 is 2.57 bits per heavy atom. The Hall–Kier alpha value is -1.59. The number of urea groups is 1. The summed E-state index contributed by atoms with van der Waals surface area (Å²) >= 11 is 0. The van der Waals surface area contributed by atoms with Gasteiger partial charge < -0.3 is 10.2 Å². The molecule has 118 valence electrons. The quantitative estimate of drug-likeness (QED) is 0.781. The Labute approximate surface area is 125 Å². The summed E-state index contributed by atoms with van der Waals surface area (Å²) < 4.78 is 0. The van der Waals surface area contributed by atoms with Gasteiger partial charge in [0.1, 0.15) is 12.1 Å². The third kappa shape index (κ3) is 3.19. The fourth-order valence-corrected chi connectivity index (χ4v) is 3.09. The van der Waals surface area contributed by atoms with Crippen molar-refractivity contribution in [3.05, 3.63) is 0 Å². The van der Waals surface area contributed by atoms with E-state index in [1.807, 2.05) is 0 Å². The number of rotatable bonds is 5. The van der Waals surface area contributed by atoms with Gasteiger partial charge in [-0.25, -0.2) is 4.79 Å². The summed E-state index contributed by atoms with van der Waals surface area (Å²) in [5.74, 6) is -0.399. The lowest BCUT2D eigenvalue weighted by molar-refractivity contribution is -0.139. The molecule has 1 aliphatic carbocycles. The van der Waals surface area contributed by atoms with Crippen LogP contribution in [0.5, 0.6) is 0 Å². The maximum atomic E-state index is 12.5. The lowest BCUT2D eigenvalue weighted by Gasteiger charge is -2.30. The fraction of sp³-hybridized carbons (Fsp3) is 0.800. The predicted molar refractivity (Wildman–Crippen MR) is 78.6 cm³/mol. The van der Waals surface area contributed by atoms with Crippen LogP contribution in [-0.2, 0) is 9.59 Å². The molecular formula is C15H25N3O3. The van der Waals surface area contributed by atoms with Crippen LogP contribution in [0.1, 0.15) is 51.9 Å². The van der Waals surface area contributed by atoms with Gasteiger partial charge in [0.25, 0.3) is 5.91 Å². The molecule has 6 nitrogen and oxygen atoms in total. The molecule has 0 atom stereocenters. The molecule has 0 aromatic heterocycles. The Bertz CT molecular complexity index is 430. The summed E-state index contributed by atoms with van der Waals surface area (Å²) in [6.07, 6.45) is 6.30. The minimum atomic E-state index is -0.738. The SMILES string of the molecule is CCCCN(C)C(=O)CN1C(=O)NC2(CCCCC2)C1=O. The van der Waals surface area contributed by atoms with Crippen molar-refractivity contribution in [3.8, 4) is 0 Å². The number of nitrogens with one attached hydrogen (secondary N) is 1. The topological polar surface area (TPSA) is 69.7 Å². The van der Waals surface area contributed by atoms with Crippen LogP contribution in [0.3, 0.4) is 0 Å². The molecule has 2 aliphatic rings. The Morgan fingerprint density at radius 1 is 1.29 bits per heavy atom. The average Bonchev–Trinajstić information content (AvgIpc) is 2.69. The molecule has 1 heterocycles. The molecule has 2 fully saturated rings. The van der Waals surface area contributed by atoms with Crippen molar-refractivity contribution >= 4 is 17.8 Å². The van der Waals surface area contributed by atoms with Crippen LogP contribution in [0.4, 0.5) is 4.79 Å². The summed E-state index contributed by atoms with van der Waals surface area (Å²) in [5.41, 5.74) is -0.738. The van der Waals surface area contributed by atoms with Crippen LogP contribution < -0.4 is 5.32 Å². The zero-order valence-electron chi connectivity index (χ0n) is 13.0. The van der Waals surface area contributed by atoms with E-state index in [1.54, 1.807) is 11.9 Å². The first-order chi connectivity index (χ1) is 10.00. The summed E-state index contributed by atoms with van der Waals surface area (Å²) in [6.45, 7) is 2.57. The first-order valence-electron chi connectivity index (χ1n) is 7.88. The summed E-state index contributed by atoms with van der Waals surface area (Å²) in [6, 6.07) is -0.417. The second-order valence-electron chi connectivity index (χ2n) is 6.13. The Morgan fingerprint density at radius 2 is 1.95 bits per heavy atom. The van der Waals surface area contributed by atoms with Crippen molar-refractivity contribution < 1.29 is 14.4 Å². The van der Waals surface area contributed by atoms with Gasteiger partial charge in [-0.15, -0.1) is 0 Å². The molecule has 0 unspecified atom stereocenters. The van der Waals surface area contributed by atoms with E-state index < -0.39 is 11.6 Å². The van der Waals surface area contributed by atoms with Crippen molar-refractivity contribution in [2.24, 2.45) is 0 Å². The molecule has 0 radical (unpaired) electrons. The normalized spacial score (nSPS) is 20.8. The highest BCUT2D eigenvalue weighted by Crippen LogP contribution is 2.33. The summed E-state index contributed by atoms with van der Waals surface area (Å²) in [4.78, 5) is 39.4. The molecule has 0 bridgehead atoms. The Balaban J connectivity index is 1.98. The van der Waals surface area contributed by atoms with Crippen LogP contribution >= 0.6 is 0 Å². The van der Waals surface area contributed by atoms with Crippen LogP contribution in [-0.4, -0.2) is 53.3 Å². The fourth-order valence-electron chi connectivity index (χ4n) is 3.09. The maximum absolute atomic E-state index is 12.5. The molecule has 1 saturated carbocycles. The smallest absolute Gasteiger partial charge is 0.325 e. The third-order valence-corrected chi connectivity index (χ3v) is 4.52. The molecule has 4 amide bonds. The highest BCUT2D eigenvalue weighted by Gasteiger charge is 2.51. The minimum absolute atomic E-state index is 0.146. The van der Waals surface area contributed by atoms with Crippen molar-refractivity contribution in [2.45, 2.75) is 57.4 Å². The van der Waals surface area contributed by atoms with E-state index in [1.165, 1.54) is 0 Å². The highest BCUT2D eigenvalue weighted by atomic mass is 16.2. The van der Waals surface area contributed by atoms with Crippen LogP contribution in [0, 0.1) is 0 Å². The number of nitrogens with zero attached hydrogens (tertiary/aromatic N) is 2. The number of unbranched alkanes of at least 4 members (excludes halogenated alkanes) is 1. The van der Waals surface area contributed by atoms with Crippen LogP contribution in [0.25, 0.3) is 0 Å². The first kappa shape index (κ1) is 15.8. The second kappa shape index (κ2) is 6.45. The molecule has 1 spiro atoms. The van der Waals surface area contributed by atoms with Crippen molar-refractivity contribution in [1.29, 1.82) is 0 Å². The van der Waals surface area contributed by atoms with Crippen molar-refractivity contribution in [2.75, 3.05) is 20.1 Å². The maximum Gasteiger partial charge on any atom is 0.325 e. The van der Waals surface area contributed by atoms with Gasteiger partial charge in [0.15, 0.2) is 0 Å². The molecule has 1 N–H and O–H groups in total. The highest BCUT2D eigenvalue weighted by molar-refractivity contribution is 6.09. The number of amides is 4. The van der Waals surface area contributed by atoms with E-state index in [0.717, 1.165) is 37.0 Å². The number of hydrogen-bond acceptors (Lipinski definition) is 3. The van der Waals surface area contributed by atoms with E-state index in [2.05, 4.69) is 12.2 Å². The predicted octanol–water partition coefficient (Wildman–Crippen LogP) is 1.50. The molecular weight excluding hydrogens is 270 g/mol.